The van der Waals surface area contributed by atoms with Gasteiger partial charge >= 0.3 is 5.97 Å². The maximum atomic E-state index is 11.1. The molecule has 1 unspecified atom stereocenters. The van der Waals surface area contributed by atoms with Crippen LogP contribution in [0.1, 0.15) is 41.5 Å². The van der Waals surface area contributed by atoms with Gasteiger partial charge in [0.2, 0.25) is 0 Å². The highest BCUT2D eigenvalue weighted by Gasteiger charge is 2.36. The number of allylic oxidation sites excluding steroid dienone is 1. The van der Waals surface area contributed by atoms with E-state index in [1.807, 2.05) is 0 Å². The lowest BCUT2D eigenvalue weighted by atomic mass is 9.67. The first-order valence-corrected chi connectivity index (χ1v) is 5.57. The molecule has 0 rings (SSSR count). The van der Waals surface area contributed by atoms with Gasteiger partial charge in [-0.05, 0) is 19.3 Å². The Morgan fingerprint density at radius 1 is 1.25 bits per heavy atom. The number of hydrogen-bond acceptors (Lipinski definition) is 2. The molecule has 1 atom stereocenters. The molecule has 92 valence electrons. The van der Waals surface area contributed by atoms with E-state index in [2.05, 4.69) is 54.2 Å². The molecule has 0 aliphatic carbocycles. The lowest BCUT2D eigenvalue weighted by Gasteiger charge is -2.39. The van der Waals surface area contributed by atoms with Gasteiger partial charge in [-0.25, -0.2) is 4.79 Å². The van der Waals surface area contributed by atoms with Crippen LogP contribution in [0.4, 0.5) is 0 Å². The van der Waals surface area contributed by atoms with Crippen LogP contribution in [-0.2, 0) is 9.53 Å². The summed E-state index contributed by atoms with van der Waals surface area (Å²) in [6, 6.07) is 0. The third-order valence-electron chi connectivity index (χ3n) is 3.00. The second-order valence-electron chi connectivity index (χ2n) is 5.70. The summed E-state index contributed by atoms with van der Waals surface area (Å²) in [6.45, 7) is 16.4. The van der Waals surface area contributed by atoms with Crippen LogP contribution in [0.2, 0.25) is 0 Å². The molecule has 0 bridgehead atoms. The molecule has 0 N–H and O–H groups in total. The fraction of sp³-hybridized carbons (Fsp3) is 0.643. The van der Waals surface area contributed by atoms with Crippen LogP contribution in [-0.4, -0.2) is 12.6 Å². The summed E-state index contributed by atoms with van der Waals surface area (Å²) in [7, 11) is 0. The predicted octanol–water partition coefficient (Wildman–Crippen LogP) is 3.73. The molecule has 0 aromatic rings. The molecule has 0 amide bonds. The molecule has 2 nitrogen and oxygen atoms in total. The molecular formula is C14H24O2. The predicted molar refractivity (Wildman–Crippen MR) is 68.1 cm³/mol. The molecule has 2 heteroatoms. The Kier molecular flexibility index (Phi) is 4.98. The highest BCUT2D eigenvalue weighted by Crippen LogP contribution is 2.40. The molecule has 0 saturated carbocycles. The van der Waals surface area contributed by atoms with Crippen molar-refractivity contribution >= 4 is 5.97 Å². The molecule has 0 aromatic heterocycles. The zero-order chi connectivity index (χ0) is 13.0. The van der Waals surface area contributed by atoms with Gasteiger partial charge < -0.3 is 4.74 Å². The third-order valence-corrected chi connectivity index (χ3v) is 3.00. The Labute approximate surface area is 99.4 Å². The Bertz CT molecular complexity index is 290. The van der Waals surface area contributed by atoms with E-state index < -0.39 is 0 Å². The molecule has 0 spiro atoms. The SMILES string of the molecule is C=CC(=O)OCC(C)(C=C(C)C)C(C)(C)C. The lowest BCUT2D eigenvalue weighted by molar-refractivity contribution is -0.141. The van der Waals surface area contributed by atoms with E-state index in [-0.39, 0.29) is 16.8 Å². The third kappa shape index (κ3) is 4.21. The Morgan fingerprint density at radius 2 is 1.75 bits per heavy atom. The number of esters is 1. The molecule has 0 heterocycles. The Hall–Kier alpha value is -1.05. The van der Waals surface area contributed by atoms with Gasteiger partial charge in [0.1, 0.15) is 6.61 Å². The summed E-state index contributed by atoms with van der Waals surface area (Å²) in [6.07, 6.45) is 3.37. The van der Waals surface area contributed by atoms with Crippen molar-refractivity contribution in [2.24, 2.45) is 10.8 Å². The topological polar surface area (TPSA) is 26.3 Å². The van der Waals surface area contributed by atoms with Gasteiger partial charge in [0.05, 0.1) is 0 Å². The van der Waals surface area contributed by atoms with Crippen molar-refractivity contribution in [1.29, 1.82) is 0 Å². The van der Waals surface area contributed by atoms with Crippen molar-refractivity contribution < 1.29 is 9.53 Å². The summed E-state index contributed by atoms with van der Waals surface area (Å²) in [5, 5.41) is 0. The highest BCUT2D eigenvalue weighted by atomic mass is 16.5. The average Bonchev–Trinajstić information content (AvgIpc) is 2.11. The Balaban J connectivity index is 4.90. The summed E-state index contributed by atoms with van der Waals surface area (Å²) < 4.78 is 5.18. The molecule has 0 saturated heterocycles. The quantitative estimate of drug-likeness (QED) is 0.413. The zero-order valence-corrected chi connectivity index (χ0v) is 11.4. The maximum absolute atomic E-state index is 11.1. The normalized spacial score (nSPS) is 14.9. The first kappa shape index (κ1) is 14.9. The number of ether oxygens (including phenoxy) is 1. The van der Waals surface area contributed by atoms with Crippen molar-refractivity contribution in [3.8, 4) is 0 Å². The van der Waals surface area contributed by atoms with Crippen LogP contribution in [0, 0.1) is 10.8 Å². The second-order valence-corrected chi connectivity index (χ2v) is 5.70. The van der Waals surface area contributed by atoms with Crippen molar-refractivity contribution in [3.63, 3.8) is 0 Å². The minimum Gasteiger partial charge on any atom is -0.462 e. The van der Waals surface area contributed by atoms with Crippen molar-refractivity contribution in [2.75, 3.05) is 6.61 Å². The molecule has 16 heavy (non-hydrogen) atoms. The van der Waals surface area contributed by atoms with Crippen molar-refractivity contribution in [2.45, 2.75) is 41.5 Å². The van der Waals surface area contributed by atoms with Gasteiger partial charge in [-0.15, -0.1) is 0 Å². The highest BCUT2D eigenvalue weighted by molar-refractivity contribution is 5.81. The van der Waals surface area contributed by atoms with Gasteiger partial charge in [0.15, 0.2) is 0 Å². The second kappa shape index (κ2) is 5.33. The standard InChI is InChI=1S/C14H24O2/c1-8-12(15)16-10-14(7,9-11(2)3)13(4,5)6/h8-9H,1,10H2,2-7H3. The first-order valence-electron chi connectivity index (χ1n) is 5.57. The fourth-order valence-corrected chi connectivity index (χ4v) is 1.39. The van der Waals surface area contributed by atoms with E-state index in [4.69, 9.17) is 4.74 Å². The fourth-order valence-electron chi connectivity index (χ4n) is 1.39. The molecule has 0 fully saturated rings. The zero-order valence-electron chi connectivity index (χ0n) is 11.4. The van der Waals surface area contributed by atoms with E-state index in [1.54, 1.807) is 0 Å². The van der Waals surface area contributed by atoms with Gasteiger partial charge in [-0.2, -0.15) is 0 Å². The van der Waals surface area contributed by atoms with E-state index in [0.29, 0.717) is 6.61 Å². The first-order chi connectivity index (χ1) is 7.12. The van der Waals surface area contributed by atoms with Gasteiger partial charge in [-0.1, -0.05) is 45.9 Å². The van der Waals surface area contributed by atoms with Crippen LogP contribution in [0.5, 0.6) is 0 Å². The molecule has 0 aromatic carbocycles. The smallest absolute Gasteiger partial charge is 0.330 e. The van der Waals surface area contributed by atoms with E-state index in [1.165, 1.54) is 11.6 Å². The largest absolute Gasteiger partial charge is 0.462 e. The minimum absolute atomic E-state index is 0.0335. The Morgan fingerprint density at radius 3 is 2.06 bits per heavy atom. The van der Waals surface area contributed by atoms with Crippen molar-refractivity contribution in [1.82, 2.24) is 0 Å². The number of carbonyl (C=O) groups excluding carboxylic acids is 1. The van der Waals surface area contributed by atoms with Gasteiger partial charge in [0, 0.05) is 11.5 Å². The van der Waals surface area contributed by atoms with Gasteiger partial charge in [-0.3, -0.25) is 0 Å². The summed E-state index contributed by atoms with van der Waals surface area (Å²) >= 11 is 0. The number of rotatable bonds is 4. The summed E-state index contributed by atoms with van der Waals surface area (Å²) in [4.78, 5) is 11.1. The summed E-state index contributed by atoms with van der Waals surface area (Å²) in [5.74, 6) is -0.363. The van der Waals surface area contributed by atoms with Crippen LogP contribution in [0.25, 0.3) is 0 Å². The van der Waals surface area contributed by atoms with Crippen LogP contribution in [0.3, 0.4) is 0 Å². The minimum atomic E-state index is -0.363. The summed E-state index contributed by atoms with van der Waals surface area (Å²) in [5.41, 5.74) is 1.10. The number of hydrogen-bond donors (Lipinski definition) is 0. The van der Waals surface area contributed by atoms with Crippen molar-refractivity contribution in [3.05, 3.63) is 24.3 Å². The van der Waals surface area contributed by atoms with Crippen LogP contribution >= 0.6 is 0 Å². The van der Waals surface area contributed by atoms with E-state index in [0.717, 1.165) is 0 Å². The number of carbonyl (C=O) groups is 1. The average molecular weight is 224 g/mol. The van der Waals surface area contributed by atoms with Crippen LogP contribution in [0.15, 0.2) is 24.3 Å². The van der Waals surface area contributed by atoms with Crippen LogP contribution < -0.4 is 0 Å². The maximum Gasteiger partial charge on any atom is 0.330 e. The molecule has 0 aliphatic rings. The monoisotopic (exact) mass is 224 g/mol. The molecule has 0 radical (unpaired) electrons. The molecule has 0 aliphatic heterocycles. The molecular weight excluding hydrogens is 200 g/mol. The van der Waals surface area contributed by atoms with E-state index >= 15 is 0 Å². The van der Waals surface area contributed by atoms with Gasteiger partial charge in [0.25, 0.3) is 0 Å². The van der Waals surface area contributed by atoms with E-state index in [9.17, 15) is 4.79 Å². The lowest BCUT2D eigenvalue weighted by Crippen LogP contribution is -2.36.